The van der Waals surface area contributed by atoms with Crippen LogP contribution in [-0.4, -0.2) is 31.0 Å². The number of halogens is 1. The Morgan fingerprint density at radius 1 is 1.22 bits per heavy atom. The van der Waals surface area contributed by atoms with Crippen LogP contribution in [0.2, 0.25) is 5.02 Å². The van der Waals surface area contributed by atoms with Gasteiger partial charge in [-0.1, -0.05) is 17.7 Å². The van der Waals surface area contributed by atoms with Crippen molar-refractivity contribution >= 4 is 23.2 Å². The van der Waals surface area contributed by atoms with Crippen LogP contribution in [0, 0.1) is 0 Å². The summed E-state index contributed by atoms with van der Waals surface area (Å²) in [6.45, 7) is 2.51. The summed E-state index contributed by atoms with van der Waals surface area (Å²) in [4.78, 5) is 11.3. The van der Waals surface area contributed by atoms with E-state index in [2.05, 4.69) is 26.0 Å². The molecule has 5 rings (SSSR count). The number of furan rings is 1. The third kappa shape index (κ3) is 2.94. The summed E-state index contributed by atoms with van der Waals surface area (Å²) in [5, 5.41) is 5.22. The van der Waals surface area contributed by atoms with Gasteiger partial charge in [-0.05, 0) is 41.8 Å². The van der Waals surface area contributed by atoms with Crippen molar-refractivity contribution in [2.45, 2.75) is 19.5 Å². The summed E-state index contributed by atoms with van der Waals surface area (Å²) in [6.07, 6.45) is 4.37. The van der Waals surface area contributed by atoms with Gasteiger partial charge in [-0.3, -0.25) is 4.90 Å². The first kappa shape index (κ1) is 16.3. The van der Waals surface area contributed by atoms with E-state index in [0.717, 1.165) is 30.1 Å². The van der Waals surface area contributed by atoms with Gasteiger partial charge in [0.1, 0.15) is 0 Å². The lowest BCUT2D eigenvalue weighted by Gasteiger charge is -2.28. The first-order valence-corrected chi connectivity index (χ1v) is 9.09. The molecule has 2 N–H and O–H groups in total. The Kier molecular flexibility index (Phi) is 3.84. The van der Waals surface area contributed by atoms with Gasteiger partial charge in [0.25, 0.3) is 0 Å². The van der Waals surface area contributed by atoms with Gasteiger partial charge in [0.2, 0.25) is 11.8 Å². The second-order valence-corrected chi connectivity index (χ2v) is 7.10. The Morgan fingerprint density at radius 3 is 3.00 bits per heavy atom. The van der Waals surface area contributed by atoms with E-state index < -0.39 is 0 Å². The quantitative estimate of drug-likeness (QED) is 0.587. The molecule has 0 spiro atoms. The Bertz CT molecular complexity index is 1120. The van der Waals surface area contributed by atoms with Crippen LogP contribution in [0.15, 0.2) is 47.2 Å². The van der Waals surface area contributed by atoms with E-state index in [0.29, 0.717) is 29.7 Å². The molecule has 0 amide bonds. The Hall–Kier alpha value is -2.90. The fourth-order valence-electron chi connectivity index (χ4n) is 3.52. The number of hydrogen-bond acceptors (Lipinski definition) is 6. The molecule has 0 saturated heterocycles. The lowest BCUT2D eigenvalue weighted by atomic mass is 9.99. The number of benzene rings is 1. The summed E-state index contributed by atoms with van der Waals surface area (Å²) in [7, 11) is 0. The molecule has 3 aromatic heterocycles. The zero-order valence-corrected chi connectivity index (χ0v) is 15.2. The van der Waals surface area contributed by atoms with E-state index in [1.165, 1.54) is 11.1 Å². The predicted octanol–water partition coefficient (Wildman–Crippen LogP) is 3.18. The Labute approximate surface area is 160 Å². The maximum atomic E-state index is 6.16. The van der Waals surface area contributed by atoms with Crippen LogP contribution in [0.4, 0.5) is 5.95 Å². The number of nitrogen functional groups attached to an aromatic ring is 1. The monoisotopic (exact) mass is 380 g/mol. The van der Waals surface area contributed by atoms with Gasteiger partial charge >= 0.3 is 0 Å². The maximum absolute atomic E-state index is 6.16. The summed E-state index contributed by atoms with van der Waals surface area (Å²) in [5.41, 5.74) is 10.3. The molecule has 27 heavy (non-hydrogen) atoms. The SMILES string of the molecule is Nc1ncc(CN2CCc3ccc(Cl)cc3C2)c2nc(-c3ccco3)nn12. The zero-order chi connectivity index (χ0) is 18.4. The first-order chi connectivity index (χ1) is 13.2. The van der Waals surface area contributed by atoms with Crippen molar-refractivity contribution in [2.24, 2.45) is 0 Å². The summed E-state index contributed by atoms with van der Waals surface area (Å²) in [5.74, 6) is 1.40. The molecule has 136 valence electrons. The minimum absolute atomic E-state index is 0.301. The highest BCUT2D eigenvalue weighted by atomic mass is 35.5. The maximum Gasteiger partial charge on any atom is 0.223 e. The van der Waals surface area contributed by atoms with Crippen molar-refractivity contribution in [3.8, 4) is 11.6 Å². The number of hydrogen-bond donors (Lipinski definition) is 1. The third-order valence-corrected chi connectivity index (χ3v) is 5.09. The highest BCUT2D eigenvalue weighted by Gasteiger charge is 2.20. The number of nitrogens with zero attached hydrogens (tertiary/aromatic N) is 5. The highest BCUT2D eigenvalue weighted by molar-refractivity contribution is 6.30. The van der Waals surface area contributed by atoms with Crippen LogP contribution in [0.5, 0.6) is 0 Å². The van der Waals surface area contributed by atoms with Crippen molar-refractivity contribution in [2.75, 3.05) is 12.3 Å². The zero-order valence-electron chi connectivity index (χ0n) is 14.5. The first-order valence-electron chi connectivity index (χ1n) is 8.71. The second kappa shape index (κ2) is 6.37. The van der Waals surface area contributed by atoms with Crippen molar-refractivity contribution in [1.82, 2.24) is 24.5 Å². The molecule has 8 heteroatoms. The predicted molar refractivity (Wildman–Crippen MR) is 102 cm³/mol. The van der Waals surface area contributed by atoms with Crippen LogP contribution in [0.25, 0.3) is 17.2 Å². The summed E-state index contributed by atoms with van der Waals surface area (Å²) < 4.78 is 6.98. The van der Waals surface area contributed by atoms with Gasteiger partial charge in [-0.2, -0.15) is 4.52 Å². The summed E-state index contributed by atoms with van der Waals surface area (Å²) >= 11 is 6.16. The number of anilines is 1. The van der Waals surface area contributed by atoms with Crippen molar-refractivity contribution < 1.29 is 4.42 Å². The fraction of sp³-hybridized carbons (Fsp3) is 0.211. The van der Waals surface area contributed by atoms with Crippen molar-refractivity contribution in [3.63, 3.8) is 0 Å². The van der Waals surface area contributed by atoms with E-state index in [-0.39, 0.29) is 0 Å². The average molecular weight is 381 g/mol. The molecule has 1 aliphatic heterocycles. The second-order valence-electron chi connectivity index (χ2n) is 6.66. The van der Waals surface area contributed by atoms with Crippen LogP contribution in [-0.2, 0) is 19.5 Å². The van der Waals surface area contributed by atoms with Crippen molar-refractivity contribution in [1.29, 1.82) is 0 Å². The number of nitrogens with two attached hydrogens (primary N) is 1. The number of fused-ring (bicyclic) bond motifs is 2. The minimum Gasteiger partial charge on any atom is -0.461 e. The van der Waals surface area contributed by atoms with Crippen LogP contribution < -0.4 is 5.73 Å². The molecule has 4 heterocycles. The molecular weight excluding hydrogens is 364 g/mol. The van der Waals surface area contributed by atoms with Crippen LogP contribution >= 0.6 is 11.6 Å². The molecule has 0 bridgehead atoms. The van der Waals surface area contributed by atoms with Gasteiger partial charge in [-0.25, -0.2) is 9.97 Å². The molecule has 7 nitrogen and oxygen atoms in total. The molecule has 0 atom stereocenters. The molecule has 0 fully saturated rings. The van der Waals surface area contributed by atoms with Gasteiger partial charge in [0, 0.05) is 36.4 Å². The van der Waals surface area contributed by atoms with Crippen molar-refractivity contribution in [3.05, 3.63) is 64.5 Å². The highest BCUT2D eigenvalue weighted by Crippen LogP contribution is 2.25. The number of aromatic nitrogens is 4. The van der Waals surface area contributed by atoms with E-state index in [9.17, 15) is 0 Å². The van der Waals surface area contributed by atoms with Crippen LogP contribution in [0.3, 0.4) is 0 Å². The fourth-order valence-corrected chi connectivity index (χ4v) is 3.71. The third-order valence-electron chi connectivity index (χ3n) is 4.86. The minimum atomic E-state index is 0.301. The molecule has 0 radical (unpaired) electrons. The Morgan fingerprint density at radius 2 is 2.15 bits per heavy atom. The molecule has 1 aromatic carbocycles. The van der Waals surface area contributed by atoms with E-state index in [4.69, 9.17) is 21.8 Å². The molecule has 1 aliphatic rings. The lowest BCUT2D eigenvalue weighted by molar-refractivity contribution is 0.246. The standard InChI is InChI=1S/C19H17ClN6O/c20-15-4-3-12-5-6-25(10-13(12)8-15)11-14-9-22-19(21)26-18(14)23-17(24-26)16-2-1-7-27-16/h1-4,7-9H,5-6,10-11H2,(H2,21,22). The molecular formula is C19H17ClN6O. The normalized spacial score (nSPS) is 14.6. The van der Waals surface area contributed by atoms with E-state index in [1.807, 2.05) is 18.2 Å². The van der Waals surface area contributed by atoms with Gasteiger partial charge in [-0.15, -0.1) is 5.10 Å². The molecule has 0 aliphatic carbocycles. The topological polar surface area (TPSA) is 85.5 Å². The van der Waals surface area contributed by atoms with E-state index in [1.54, 1.807) is 23.0 Å². The molecule has 0 saturated carbocycles. The lowest BCUT2D eigenvalue weighted by Crippen LogP contribution is -2.30. The number of rotatable bonds is 3. The molecule has 0 unspecified atom stereocenters. The van der Waals surface area contributed by atoms with E-state index >= 15 is 0 Å². The largest absolute Gasteiger partial charge is 0.461 e. The van der Waals surface area contributed by atoms with Gasteiger partial charge < -0.3 is 10.2 Å². The smallest absolute Gasteiger partial charge is 0.223 e. The summed E-state index contributed by atoms with van der Waals surface area (Å²) in [6, 6.07) is 9.75. The molecule has 4 aromatic rings. The van der Waals surface area contributed by atoms with Gasteiger partial charge in [0.05, 0.1) is 6.26 Å². The van der Waals surface area contributed by atoms with Crippen LogP contribution in [0.1, 0.15) is 16.7 Å². The van der Waals surface area contributed by atoms with Gasteiger partial charge in [0.15, 0.2) is 11.4 Å². The average Bonchev–Trinajstić information content (AvgIpc) is 3.33. The Balaban J connectivity index is 1.48.